The Morgan fingerprint density at radius 1 is 1.24 bits per heavy atom. The molecule has 17 heavy (non-hydrogen) atoms. The molecule has 0 saturated carbocycles. The number of nitrogens with zero attached hydrogens (tertiary/aromatic N) is 2. The molecule has 1 aliphatic heterocycles. The van der Waals surface area contributed by atoms with Crippen molar-refractivity contribution < 1.29 is 0 Å². The van der Waals surface area contributed by atoms with Crippen molar-refractivity contribution in [3.63, 3.8) is 0 Å². The molecule has 2 rings (SSSR count). The van der Waals surface area contributed by atoms with Crippen molar-refractivity contribution in [3.05, 3.63) is 28.2 Å². The molecule has 0 unspecified atom stereocenters. The average Bonchev–Trinajstić information content (AvgIpc) is 2.54. The van der Waals surface area contributed by atoms with Crippen LogP contribution in [0, 0.1) is 0 Å². The topological polar surface area (TPSA) is 6.48 Å². The molecule has 0 atom stereocenters. The summed E-state index contributed by atoms with van der Waals surface area (Å²) in [4.78, 5) is 4.84. The van der Waals surface area contributed by atoms with Crippen LogP contribution in [0.25, 0.3) is 0 Å². The first kappa shape index (κ1) is 13.2. The van der Waals surface area contributed by atoms with Crippen molar-refractivity contribution in [3.8, 4) is 0 Å². The lowest BCUT2D eigenvalue weighted by molar-refractivity contribution is 0.360. The summed E-state index contributed by atoms with van der Waals surface area (Å²) in [7, 11) is 2.19. The molecule has 1 aromatic carbocycles. The van der Waals surface area contributed by atoms with Crippen molar-refractivity contribution in [2.24, 2.45) is 0 Å². The van der Waals surface area contributed by atoms with E-state index in [4.69, 9.17) is 11.6 Å². The molecule has 1 heterocycles. The van der Waals surface area contributed by atoms with E-state index >= 15 is 0 Å². The maximum atomic E-state index is 6.03. The summed E-state index contributed by atoms with van der Waals surface area (Å²) < 4.78 is 1.10. The highest BCUT2D eigenvalue weighted by Crippen LogP contribution is 2.26. The third-order valence-corrected chi connectivity index (χ3v) is 4.03. The van der Waals surface area contributed by atoms with E-state index in [1.54, 1.807) is 0 Å². The minimum absolute atomic E-state index is 0.571. The zero-order chi connectivity index (χ0) is 12.3. The maximum absolute atomic E-state index is 6.03. The Morgan fingerprint density at radius 3 is 2.82 bits per heavy atom. The van der Waals surface area contributed by atoms with Crippen molar-refractivity contribution in [2.75, 3.05) is 38.1 Å². The van der Waals surface area contributed by atoms with E-state index in [9.17, 15) is 0 Å². The third kappa shape index (κ3) is 3.36. The molecule has 0 bridgehead atoms. The van der Waals surface area contributed by atoms with Crippen LogP contribution in [0.5, 0.6) is 0 Å². The van der Waals surface area contributed by atoms with Crippen LogP contribution in [0.15, 0.2) is 22.7 Å². The van der Waals surface area contributed by atoms with E-state index in [0.717, 1.165) is 24.1 Å². The highest BCUT2D eigenvalue weighted by molar-refractivity contribution is 9.10. The molecule has 0 aromatic heterocycles. The van der Waals surface area contributed by atoms with Gasteiger partial charge >= 0.3 is 0 Å². The lowest BCUT2D eigenvalue weighted by Crippen LogP contribution is -2.29. The Bertz CT molecular complexity index is 384. The van der Waals surface area contributed by atoms with Gasteiger partial charge in [0.05, 0.1) is 0 Å². The lowest BCUT2D eigenvalue weighted by Gasteiger charge is -2.25. The normalized spacial score (nSPS) is 18.2. The molecule has 0 aliphatic carbocycles. The molecule has 1 fully saturated rings. The zero-order valence-electron chi connectivity index (χ0n) is 10.1. The van der Waals surface area contributed by atoms with Crippen LogP contribution in [0.2, 0.25) is 0 Å². The lowest BCUT2D eigenvalue weighted by atomic mass is 10.1. The van der Waals surface area contributed by atoms with Gasteiger partial charge in [0.2, 0.25) is 0 Å². The van der Waals surface area contributed by atoms with Gasteiger partial charge in [0.15, 0.2) is 0 Å². The van der Waals surface area contributed by atoms with Gasteiger partial charge in [-0.1, -0.05) is 15.9 Å². The Kier molecular flexibility index (Phi) is 4.71. The van der Waals surface area contributed by atoms with Crippen LogP contribution in [0.3, 0.4) is 0 Å². The van der Waals surface area contributed by atoms with Crippen LogP contribution >= 0.6 is 27.5 Å². The summed E-state index contributed by atoms with van der Waals surface area (Å²) >= 11 is 9.54. The highest BCUT2D eigenvalue weighted by Gasteiger charge is 2.15. The summed E-state index contributed by atoms with van der Waals surface area (Å²) in [5, 5.41) is 0. The monoisotopic (exact) mass is 316 g/mol. The maximum Gasteiger partial charge on any atom is 0.0494 e. The minimum atomic E-state index is 0.571. The van der Waals surface area contributed by atoms with Crippen molar-refractivity contribution in [2.45, 2.75) is 12.3 Å². The molecule has 0 radical (unpaired) electrons. The molecular weight excluding hydrogens is 300 g/mol. The second kappa shape index (κ2) is 6.07. The van der Waals surface area contributed by atoms with Gasteiger partial charge in [-0.05, 0) is 43.8 Å². The molecule has 0 spiro atoms. The summed E-state index contributed by atoms with van der Waals surface area (Å²) in [5.41, 5.74) is 2.50. The zero-order valence-corrected chi connectivity index (χ0v) is 12.5. The summed E-state index contributed by atoms with van der Waals surface area (Å²) in [6, 6.07) is 6.39. The quantitative estimate of drug-likeness (QED) is 0.772. The Morgan fingerprint density at radius 2 is 2.06 bits per heavy atom. The van der Waals surface area contributed by atoms with Crippen LogP contribution in [0.1, 0.15) is 12.0 Å². The summed E-state index contributed by atoms with van der Waals surface area (Å²) in [6.45, 7) is 4.51. The molecule has 4 heteroatoms. The number of hydrogen-bond donors (Lipinski definition) is 0. The predicted molar refractivity (Wildman–Crippen MR) is 78.0 cm³/mol. The van der Waals surface area contributed by atoms with Gasteiger partial charge in [-0.25, -0.2) is 0 Å². The van der Waals surface area contributed by atoms with Crippen LogP contribution in [-0.4, -0.2) is 38.1 Å². The first-order valence-corrected chi connectivity index (χ1v) is 7.31. The Labute approximate surface area is 117 Å². The fourth-order valence-corrected chi connectivity index (χ4v) is 2.88. The first-order chi connectivity index (χ1) is 8.20. The molecule has 1 aliphatic rings. The van der Waals surface area contributed by atoms with E-state index in [-0.39, 0.29) is 0 Å². The molecule has 94 valence electrons. The van der Waals surface area contributed by atoms with Crippen LogP contribution in [-0.2, 0) is 5.88 Å². The average molecular weight is 318 g/mol. The predicted octanol–water partition coefficient (Wildman–Crippen LogP) is 3.33. The van der Waals surface area contributed by atoms with Gasteiger partial charge in [0.1, 0.15) is 0 Å². The first-order valence-electron chi connectivity index (χ1n) is 5.98. The summed E-state index contributed by atoms with van der Waals surface area (Å²) in [6.07, 6.45) is 1.22. The van der Waals surface area contributed by atoms with Crippen molar-refractivity contribution in [1.82, 2.24) is 4.90 Å². The number of anilines is 1. The fraction of sp³-hybridized carbons (Fsp3) is 0.538. The number of likely N-dealkylation sites (N-methyl/N-ethyl adjacent to an activating group) is 1. The number of alkyl halides is 1. The van der Waals surface area contributed by atoms with Gasteiger partial charge < -0.3 is 9.80 Å². The Balaban J connectivity index is 2.20. The van der Waals surface area contributed by atoms with E-state index < -0.39 is 0 Å². The van der Waals surface area contributed by atoms with Crippen molar-refractivity contribution >= 4 is 33.2 Å². The Hall–Kier alpha value is -0.250. The third-order valence-electron chi connectivity index (χ3n) is 3.25. The number of hydrogen-bond acceptors (Lipinski definition) is 2. The smallest absolute Gasteiger partial charge is 0.0494 e. The molecule has 1 saturated heterocycles. The molecule has 0 N–H and O–H groups in total. The van der Waals surface area contributed by atoms with Gasteiger partial charge in [-0.2, -0.15) is 0 Å². The molecule has 2 nitrogen and oxygen atoms in total. The van der Waals surface area contributed by atoms with Gasteiger partial charge in [0.25, 0.3) is 0 Å². The minimum Gasteiger partial charge on any atom is -0.370 e. The largest absolute Gasteiger partial charge is 0.370 e. The van der Waals surface area contributed by atoms with Gasteiger partial charge in [-0.15, -0.1) is 11.6 Å². The van der Waals surface area contributed by atoms with Crippen molar-refractivity contribution in [1.29, 1.82) is 0 Å². The van der Waals surface area contributed by atoms with E-state index in [1.807, 2.05) is 0 Å². The van der Waals surface area contributed by atoms with Crippen LogP contribution < -0.4 is 4.90 Å². The highest BCUT2D eigenvalue weighted by atomic mass is 79.9. The second-order valence-electron chi connectivity index (χ2n) is 4.55. The fourth-order valence-electron chi connectivity index (χ4n) is 2.26. The van der Waals surface area contributed by atoms with Crippen LogP contribution in [0.4, 0.5) is 5.69 Å². The molecular formula is C13H18BrClN2. The summed E-state index contributed by atoms with van der Waals surface area (Å²) in [5.74, 6) is 0.571. The standard InChI is InChI=1S/C13H18BrClN2/c1-16-5-2-6-17(8-7-16)13-4-3-12(14)9-11(13)10-15/h3-4,9H,2,5-8,10H2,1H3. The number of rotatable bonds is 2. The van der Waals surface area contributed by atoms with E-state index in [0.29, 0.717) is 5.88 Å². The second-order valence-corrected chi connectivity index (χ2v) is 5.73. The molecule has 0 amide bonds. The number of halogens is 2. The molecule has 1 aromatic rings. The SMILES string of the molecule is CN1CCCN(c2ccc(Br)cc2CCl)CC1. The number of benzene rings is 1. The van der Waals surface area contributed by atoms with Gasteiger partial charge in [0, 0.05) is 35.7 Å². The van der Waals surface area contributed by atoms with Gasteiger partial charge in [-0.3, -0.25) is 0 Å². The van der Waals surface area contributed by atoms with E-state index in [1.165, 1.54) is 24.2 Å². The van der Waals surface area contributed by atoms with E-state index in [2.05, 4.69) is 51.0 Å².